The van der Waals surface area contributed by atoms with E-state index in [2.05, 4.69) is 34.8 Å². The Morgan fingerprint density at radius 3 is 2.80 bits per heavy atom. The second-order valence-corrected chi connectivity index (χ2v) is 6.91. The smallest absolute Gasteiger partial charge is 0.264 e. The molecule has 3 rings (SSSR count). The summed E-state index contributed by atoms with van der Waals surface area (Å²) in [5, 5.41) is 5.71. The quantitative estimate of drug-likeness (QED) is 0.717. The normalized spacial score (nSPS) is 10.7. The van der Waals surface area contributed by atoms with Crippen LogP contribution in [0.1, 0.15) is 11.4 Å². The highest BCUT2D eigenvalue weighted by atomic mass is 35.5. The van der Waals surface area contributed by atoms with Gasteiger partial charge in [0.25, 0.3) is 5.91 Å². The first-order chi connectivity index (χ1) is 12.0. The van der Waals surface area contributed by atoms with Gasteiger partial charge in [-0.1, -0.05) is 23.7 Å². The van der Waals surface area contributed by atoms with Gasteiger partial charge >= 0.3 is 0 Å². The standard InChI is InChI=1S/C18H18ClN3O2S/c1-11-8-13(12(2)22(11)3)15-10-25-18(20-15)21-17(23)9-24-16-7-5-4-6-14(16)19/h4-8,10H,9H2,1-3H3,(H,20,21,23). The third kappa shape index (κ3) is 3.86. The molecule has 2 heterocycles. The zero-order valence-electron chi connectivity index (χ0n) is 14.2. The van der Waals surface area contributed by atoms with Crippen molar-refractivity contribution in [3.8, 4) is 17.0 Å². The fourth-order valence-corrected chi connectivity index (χ4v) is 3.35. The van der Waals surface area contributed by atoms with Crippen molar-refractivity contribution in [3.63, 3.8) is 0 Å². The second kappa shape index (κ2) is 7.29. The minimum Gasteiger partial charge on any atom is -0.482 e. The van der Waals surface area contributed by atoms with Crippen LogP contribution >= 0.6 is 22.9 Å². The summed E-state index contributed by atoms with van der Waals surface area (Å²) in [6.07, 6.45) is 0. The van der Waals surface area contributed by atoms with Crippen LogP contribution in [0.4, 0.5) is 5.13 Å². The van der Waals surface area contributed by atoms with E-state index in [1.54, 1.807) is 24.3 Å². The number of thiazole rings is 1. The Morgan fingerprint density at radius 1 is 1.36 bits per heavy atom. The summed E-state index contributed by atoms with van der Waals surface area (Å²) < 4.78 is 7.55. The van der Waals surface area contributed by atoms with E-state index in [4.69, 9.17) is 16.3 Å². The maximum absolute atomic E-state index is 12.1. The minimum atomic E-state index is -0.276. The van der Waals surface area contributed by atoms with E-state index in [-0.39, 0.29) is 12.5 Å². The summed E-state index contributed by atoms with van der Waals surface area (Å²) in [6, 6.07) is 9.14. The molecule has 0 bridgehead atoms. The van der Waals surface area contributed by atoms with Gasteiger partial charge in [0.1, 0.15) is 5.75 Å². The maximum atomic E-state index is 12.1. The Kier molecular flexibility index (Phi) is 5.11. The van der Waals surface area contributed by atoms with Crippen LogP contribution in [-0.4, -0.2) is 22.1 Å². The number of aryl methyl sites for hydroxylation is 1. The molecule has 130 valence electrons. The molecule has 0 unspecified atom stereocenters. The molecule has 0 spiro atoms. The Balaban J connectivity index is 1.64. The Hall–Kier alpha value is -2.31. The molecule has 0 aliphatic rings. The Labute approximate surface area is 155 Å². The SMILES string of the molecule is Cc1cc(-c2csc(NC(=O)COc3ccccc3Cl)n2)c(C)n1C. The summed E-state index contributed by atoms with van der Waals surface area (Å²) in [7, 11) is 2.02. The van der Waals surface area contributed by atoms with Crippen molar-refractivity contribution < 1.29 is 9.53 Å². The molecule has 7 heteroatoms. The topological polar surface area (TPSA) is 56.1 Å². The fourth-order valence-electron chi connectivity index (χ4n) is 2.43. The van der Waals surface area contributed by atoms with Crippen LogP contribution in [0.3, 0.4) is 0 Å². The lowest BCUT2D eigenvalue weighted by atomic mass is 10.2. The summed E-state index contributed by atoms with van der Waals surface area (Å²) in [6.45, 7) is 3.98. The number of amides is 1. The third-order valence-corrected chi connectivity index (χ3v) is 5.07. The van der Waals surface area contributed by atoms with Crippen molar-refractivity contribution in [3.05, 3.63) is 52.1 Å². The van der Waals surface area contributed by atoms with Crippen LogP contribution in [0.2, 0.25) is 5.02 Å². The van der Waals surface area contributed by atoms with E-state index >= 15 is 0 Å². The number of para-hydroxylation sites is 1. The molecule has 0 atom stereocenters. The van der Waals surface area contributed by atoms with Crippen molar-refractivity contribution in [1.82, 2.24) is 9.55 Å². The molecule has 0 saturated heterocycles. The van der Waals surface area contributed by atoms with Crippen LogP contribution in [-0.2, 0) is 11.8 Å². The van der Waals surface area contributed by atoms with Gasteiger partial charge in [0.15, 0.2) is 11.7 Å². The molecule has 3 aromatic rings. The van der Waals surface area contributed by atoms with Gasteiger partial charge < -0.3 is 9.30 Å². The highest BCUT2D eigenvalue weighted by Gasteiger charge is 2.13. The van der Waals surface area contributed by atoms with Crippen molar-refractivity contribution in [2.24, 2.45) is 7.05 Å². The largest absolute Gasteiger partial charge is 0.482 e. The molecule has 0 aliphatic heterocycles. The number of nitrogens with zero attached hydrogens (tertiary/aromatic N) is 2. The molecule has 5 nitrogen and oxygen atoms in total. The minimum absolute atomic E-state index is 0.123. The van der Waals surface area contributed by atoms with Gasteiger partial charge in [-0.25, -0.2) is 4.98 Å². The average Bonchev–Trinajstić information content (AvgIpc) is 3.14. The summed E-state index contributed by atoms with van der Waals surface area (Å²) in [5.41, 5.74) is 4.24. The molecule has 1 N–H and O–H groups in total. The molecule has 0 radical (unpaired) electrons. The molecule has 2 aromatic heterocycles. The summed E-state index contributed by atoms with van der Waals surface area (Å²) >= 11 is 7.39. The van der Waals surface area contributed by atoms with Crippen LogP contribution < -0.4 is 10.1 Å². The highest BCUT2D eigenvalue weighted by molar-refractivity contribution is 7.14. The van der Waals surface area contributed by atoms with E-state index in [1.807, 2.05) is 12.4 Å². The Bertz CT molecular complexity index is 917. The van der Waals surface area contributed by atoms with Crippen LogP contribution in [0.15, 0.2) is 35.7 Å². The van der Waals surface area contributed by atoms with Crippen LogP contribution in [0.25, 0.3) is 11.3 Å². The first-order valence-electron chi connectivity index (χ1n) is 7.71. The number of halogens is 1. The monoisotopic (exact) mass is 375 g/mol. The van der Waals surface area contributed by atoms with Crippen molar-refractivity contribution >= 4 is 34.0 Å². The lowest BCUT2D eigenvalue weighted by Gasteiger charge is -2.07. The van der Waals surface area contributed by atoms with Gasteiger partial charge in [-0.2, -0.15) is 0 Å². The number of rotatable bonds is 5. The fraction of sp³-hybridized carbons (Fsp3) is 0.222. The number of carbonyl (C=O) groups is 1. The number of anilines is 1. The summed E-state index contributed by atoms with van der Waals surface area (Å²) in [5.74, 6) is 0.205. The molecule has 25 heavy (non-hydrogen) atoms. The zero-order chi connectivity index (χ0) is 18.0. The van der Waals surface area contributed by atoms with E-state index < -0.39 is 0 Å². The number of ether oxygens (including phenoxy) is 1. The van der Waals surface area contributed by atoms with E-state index in [0.717, 1.165) is 17.0 Å². The van der Waals surface area contributed by atoms with Crippen molar-refractivity contribution in [2.45, 2.75) is 13.8 Å². The van der Waals surface area contributed by atoms with Gasteiger partial charge in [0, 0.05) is 29.4 Å². The average molecular weight is 376 g/mol. The number of hydrogen-bond acceptors (Lipinski definition) is 4. The third-order valence-electron chi connectivity index (χ3n) is 4.00. The first-order valence-corrected chi connectivity index (χ1v) is 8.97. The molecular formula is C18H18ClN3O2S. The molecule has 0 aliphatic carbocycles. The maximum Gasteiger partial charge on any atom is 0.264 e. The molecule has 0 saturated carbocycles. The number of aromatic nitrogens is 2. The highest BCUT2D eigenvalue weighted by Crippen LogP contribution is 2.29. The summed E-state index contributed by atoms with van der Waals surface area (Å²) in [4.78, 5) is 16.6. The van der Waals surface area contributed by atoms with Crippen LogP contribution in [0.5, 0.6) is 5.75 Å². The zero-order valence-corrected chi connectivity index (χ0v) is 15.7. The predicted molar refractivity (Wildman–Crippen MR) is 102 cm³/mol. The van der Waals surface area contributed by atoms with Gasteiger partial charge in [0.2, 0.25) is 0 Å². The lowest BCUT2D eigenvalue weighted by Crippen LogP contribution is -2.20. The van der Waals surface area contributed by atoms with Gasteiger partial charge in [-0.15, -0.1) is 11.3 Å². The predicted octanol–water partition coefficient (Wildman–Crippen LogP) is 4.44. The molecular weight excluding hydrogens is 358 g/mol. The Morgan fingerprint density at radius 2 is 2.12 bits per heavy atom. The molecule has 1 amide bonds. The van der Waals surface area contributed by atoms with E-state index in [1.165, 1.54) is 17.0 Å². The lowest BCUT2D eigenvalue weighted by molar-refractivity contribution is -0.118. The first kappa shape index (κ1) is 17.5. The second-order valence-electron chi connectivity index (χ2n) is 5.65. The number of nitrogens with one attached hydrogen (secondary N) is 1. The van der Waals surface area contributed by atoms with Gasteiger partial charge in [-0.05, 0) is 32.0 Å². The van der Waals surface area contributed by atoms with Crippen LogP contribution in [0, 0.1) is 13.8 Å². The number of hydrogen-bond donors (Lipinski definition) is 1. The van der Waals surface area contributed by atoms with E-state index in [0.29, 0.717) is 15.9 Å². The number of benzene rings is 1. The van der Waals surface area contributed by atoms with Crippen molar-refractivity contribution in [2.75, 3.05) is 11.9 Å². The number of carbonyl (C=O) groups excluding carboxylic acids is 1. The molecule has 0 fully saturated rings. The van der Waals surface area contributed by atoms with Gasteiger partial charge in [0.05, 0.1) is 10.7 Å². The molecule has 1 aromatic carbocycles. The van der Waals surface area contributed by atoms with Crippen molar-refractivity contribution in [1.29, 1.82) is 0 Å². The van der Waals surface area contributed by atoms with Gasteiger partial charge in [-0.3, -0.25) is 10.1 Å². The van der Waals surface area contributed by atoms with E-state index in [9.17, 15) is 4.79 Å².